The van der Waals surface area contributed by atoms with Crippen molar-refractivity contribution in [1.29, 1.82) is 0 Å². The third-order valence-corrected chi connectivity index (χ3v) is 6.76. The van der Waals surface area contributed by atoms with Crippen molar-refractivity contribution >= 4 is 33.5 Å². The molecule has 0 saturated carbocycles. The molecule has 0 unspecified atom stereocenters. The summed E-state index contributed by atoms with van der Waals surface area (Å²) >= 11 is 0. The number of hydrogen-bond acceptors (Lipinski definition) is 8. The third kappa shape index (κ3) is 6.10. The number of sulfonamides is 1. The summed E-state index contributed by atoms with van der Waals surface area (Å²) in [4.78, 5) is 43.0. The van der Waals surface area contributed by atoms with Crippen LogP contribution in [0.15, 0.2) is 18.2 Å². The van der Waals surface area contributed by atoms with E-state index in [0.29, 0.717) is 12.2 Å². The number of imide groups is 1. The molecule has 11 heteroatoms. The number of carbonyl (C=O) groups excluding carboxylic acids is 3. The number of hydrogen-bond donors (Lipinski definition) is 0. The number of ether oxygens (including phenoxy) is 1. The number of benzene rings is 1. The Morgan fingerprint density at radius 3 is 2.24 bits per heavy atom. The maximum Gasteiger partial charge on any atom is 0.326 e. The number of fused-ring (bicyclic) bond motifs is 1. The van der Waals surface area contributed by atoms with Crippen LogP contribution < -0.4 is 4.31 Å². The highest BCUT2D eigenvalue weighted by Gasteiger charge is 2.38. The van der Waals surface area contributed by atoms with Gasteiger partial charge in [0, 0.05) is 39.3 Å². The average Bonchev–Trinajstić information content (AvgIpc) is 2.92. The van der Waals surface area contributed by atoms with Gasteiger partial charge in [0.2, 0.25) is 10.0 Å². The molecule has 182 valence electrons. The van der Waals surface area contributed by atoms with Gasteiger partial charge in [-0.2, -0.15) is 0 Å². The Bertz CT molecular complexity index is 1040. The van der Waals surface area contributed by atoms with Crippen molar-refractivity contribution in [2.24, 2.45) is 0 Å². The molecule has 2 heterocycles. The zero-order valence-corrected chi connectivity index (χ0v) is 20.6. The lowest BCUT2D eigenvalue weighted by atomic mass is 10.1. The van der Waals surface area contributed by atoms with Gasteiger partial charge < -0.3 is 9.64 Å². The van der Waals surface area contributed by atoms with E-state index in [9.17, 15) is 22.8 Å². The minimum atomic E-state index is -3.62. The minimum absolute atomic E-state index is 0.0781. The highest BCUT2D eigenvalue weighted by atomic mass is 32.2. The lowest BCUT2D eigenvalue weighted by molar-refractivity contribution is -0.155. The van der Waals surface area contributed by atoms with Crippen LogP contribution in [-0.4, -0.2) is 106 Å². The number of amides is 2. The molecule has 1 aromatic carbocycles. The predicted octanol–water partition coefficient (Wildman–Crippen LogP) is 0.638. The first-order chi connectivity index (χ1) is 15.3. The van der Waals surface area contributed by atoms with E-state index in [4.69, 9.17) is 4.74 Å². The molecule has 33 heavy (non-hydrogen) atoms. The van der Waals surface area contributed by atoms with E-state index >= 15 is 0 Å². The smallest absolute Gasteiger partial charge is 0.326 e. The van der Waals surface area contributed by atoms with Crippen molar-refractivity contribution in [2.75, 3.05) is 63.4 Å². The molecule has 0 N–H and O–H groups in total. The van der Waals surface area contributed by atoms with Crippen molar-refractivity contribution in [1.82, 2.24) is 14.7 Å². The van der Waals surface area contributed by atoms with Crippen molar-refractivity contribution in [3.63, 3.8) is 0 Å². The van der Waals surface area contributed by atoms with E-state index in [2.05, 4.69) is 16.8 Å². The lowest BCUT2D eigenvalue weighted by Crippen LogP contribution is -2.47. The van der Waals surface area contributed by atoms with Crippen LogP contribution in [-0.2, 0) is 19.6 Å². The number of likely N-dealkylation sites (N-methyl/N-ethyl adjacent to an activating group) is 1. The summed E-state index contributed by atoms with van der Waals surface area (Å²) < 4.78 is 31.5. The molecule has 0 radical (unpaired) electrons. The molecule has 0 aromatic heterocycles. The van der Waals surface area contributed by atoms with Gasteiger partial charge in [0.15, 0.2) is 0 Å². The summed E-state index contributed by atoms with van der Waals surface area (Å²) in [6.45, 7) is 8.91. The first-order valence-corrected chi connectivity index (χ1v) is 12.7. The zero-order chi connectivity index (χ0) is 24.6. The first kappa shape index (κ1) is 25.1. The van der Waals surface area contributed by atoms with E-state index in [1.54, 1.807) is 20.8 Å². The largest absolute Gasteiger partial charge is 0.459 e. The van der Waals surface area contributed by atoms with E-state index in [1.165, 1.54) is 22.5 Å². The Kier molecular flexibility index (Phi) is 7.15. The van der Waals surface area contributed by atoms with Gasteiger partial charge >= 0.3 is 5.97 Å². The molecule has 1 fully saturated rings. The van der Waals surface area contributed by atoms with E-state index < -0.39 is 40.0 Å². The number of rotatable bonds is 7. The fourth-order valence-electron chi connectivity index (χ4n) is 3.87. The maximum absolute atomic E-state index is 12.9. The normalized spacial score (nSPS) is 17.9. The average molecular weight is 481 g/mol. The highest BCUT2D eigenvalue weighted by Crippen LogP contribution is 2.29. The van der Waals surface area contributed by atoms with Crippen molar-refractivity contribution in [3.8, 4) is 0 Å². The van der Waals surface area contributed by atoms with E-state index in [0.717, 1.165) is 37.3 Å². The summed E-state index contributed by atoms with van der Waals surface area (Å²) in [6.07, 6.45) is 1.12. The molecule has 1 saturated heterocycles. The molecule has 10 nitrogen and oxygen atoms in total. The number of esters is 1. The van der Waals surface area contributed by atoms with Crippen LogP contribution in [0.1, 0.15) is 41.5 Å². The fourth-order valence-corrected chi connectivity index (χ4v) is 4.78. The maximum atomic E-state index is 12.9. The Morgan fingerprint density at radius 1 is 1.06 bits per heavy atom. The standard InChI is InChI=1S/C22H32N4O6S/c1-22(2,3)32-19(27)15-25-20(28)17-7-6-16(14-18(17)21(25)29)26(33(5,30)31)13-12-24-10-8-23(4)9-11-24/h6-7,14H,8-13,15H2,1-5H3. The molecule has 0 bridgehead atoms. The SMILES string of the molecule is CN1CCN(CCN(c2ccc3c(c2)C(=O)N(CC(=O)OC(C)(C)C)C3=O)S(C)(=O)=O)CC1. The molecule has 3 rings (SSSR count). The van der Waals surface area contributed by atoms with Gasteiger partial charge in [0.05, 0.1) is 23.1 Å². The van der Waals surface area contributed by atoms with Gasteiger partial charge in [-0.15, -0.1) is 0 Å². The minimum Gasteiger partial charge on any atom is -0.459 e. The molecule has 2 amide bonds. The van der Waals surface area contributed by atoms with Gasteiger partial charge in [-0.3, -0.25) is 28.5 Å². The lowest BCUT2D eigenvalue weighted by Gasteiger charge is -2.34. The Labute approximate surface area is 195 Å². The molecule has 1 aromatic rings. The van der Waals surface area contributed by atoms with Crippen LogP contribution in [0.5, 0.6) is 0 Å². The molecular formula is C22H32N4O6S. The third-order valence-electron chi connectivity index (χ3n) is 5.57. The fraction of sp³-hybridized carbons (Fsp3) is 0.591. The first-order valence-electron chi connectivity index (χ1n) is 10.9. The van der Waals surface area contributed by atoms with Crippen molar-refractivity contribution in [2.45, 2.75) is 26.4 Å². The molecule has 2 aliphatic heterocycles. The molecule has 0 atom stereocenters. The number of anilines is 1. The van der Waals surface area contributed by atoms with Crippen LogP contribution in [0.2, 0.25) is 0 Å². The van der Waals surface area contributed by atoms with E-state index in [1.807, 2.05) is 0 Å². The summed E-state index contributed by atoms with van der Waals surface area (Å²) in [6, 6.07) is 4.37. The second-order valence-corrected chi connectivity index (χ2v) is 11.4. The van der Waals surface area contributed by atoms with Gasteiger partial charge in [-0.25, -0.2) is 8.42 Å². The van der Waals surface area contributed by atoms with Crippen LogP contribution in [0, 0.1) is 0 Å². The van der Waals surface area contributed by atoms with Crippen molar-refractivity contribution < 1.29 is 27.5 Å². The van der Waals surface area contributed by atoms with Crippen LogP contribution in [0.25, 0.3) is 0 Å². The highest BCUT2D eigenvalue weighted by molar-refractivity contribution is 7.92. The van der Waals surface area contributed by atoms with Crippen LogP contribution >= 0.6 is 0 Å². The Morgan fingerprint density at radius 2 is 1.67 bits per heavy atom. The quantitative estimate of drug-likeness (QED) is 0.413. The van der Waals surface area contributed by atoms with Gasteiger partial charge in [-0.1, -0.05) is 0 Å². The predicted molar refractivity (Wildman–Crippen MR) is 124 cm³/mol. The van der Waals surface area contributed by atoms with Crippen molar-refractivity contribution in [3.05, 3.63) is 29.3 Å². The second kappa shape index (κ2) is 9.40. The molecule has 0 spiro atoms. The second-order valence-electron chi connectivity index (χ2n) is 9.49. The van der Waals surface area contributed by atoms with Crippen LogP contribution in [0.3, 0.4) is 0 Å². The monoisotopic (exact) mass is 480 g/mol. The summed E-state index contributed by atoms with van der Waals surface area (Å²) in [5.41, 5.74) is -0.220. The topological polar surface area (TPSA) is 108 Å². The molecular weight excluding hydrogens is 448 g/mol. The Balaban J connectivity index is 1.78. The van der Waals surface area contributed by atoms with Gasteiger partial charge in [0.25, 0.3) is 11.8 Å². The number of nitrogens with zero attached hydrogens (tertiary/aromatic N) is 4. The zero-order valence-electron chi connectivity index (χ0n) is 19.8. The van der Waals surface area contributed by atoms with Gasteiger partial charge in [0.1, 0.15) is 12.1 Å². The van der Waals surface area contributed by atoms with Crippen LogP contribution in [0.4, 0.5) is 5.69 Å². The number of piperazine rings is 1. The summed E-state index contributed by atoms with van der Waals surface area (Å²) in [5.74, 6) is -1.94. The molecule has 0 aliphatic carbocycles. The molecule has 2 aliphatic rings. The summed E-state index contributed by atoms with van der Waals surface area (Å²) in [7, 11) is -1.57. The number of carbonyl (C=O) groups is 3. The Hall–Kier alpha value is -2.50. The summed E-state index contributed by atoms with van der Waals surface area (Å²) in [5, 5.41) is 0. The van der Waals surface area contributed by atoms with E-state index in [-0.39, 0.29) is 17.7 Å². The van der Waals surface area contributed by atoms with Gasteiger partial charge in [-0.05, 0) is 46.0 Å².